The molecule has 0 aromatic heterocycles. The number of benzene rings is 1. The summed E-state index contributed by atoms with van der Waals surface area (Å²) in [6, 6.07) is 6.10. The van der Waals surface area contributed by atoms with E-state index in [9.17, 15) is 0 Å². The summed E-state index contributed by atoms with van der Waals surface area (Å²) in [5.74, 6) is 1.31. The van der Waals surface area contributed by atoms with Crippen LogP contribution in [0.25, 0.3) is 0 Å². The maximum absolute atomic E-state index is 6.14. The number of halogens is 1. The van der Waals surface area contributed by atoms with Crippen molar-refractivity contribution in [1.82, 2.24) is 0 Å². The lowest BCUT2D eigenvalue weighted by Gasteiger charge is -2.24. The van der Waals surface area contributed by atoms with Gasteiger partial charge in [-0.15, -0.1) is 0 Å². The van der Waals surface area contributed by atoms with Gasteiger partial charge >= 0.3 is 0 Å². The Labute approximate surface area is 153 Å². The third-order valence-corrected chi connectivity index (χ3v) is 4.72. The van der Waals surface area contributed by atoms with Crippen molar-refractivity contribution in [2.24, 2.45) is 4.99 Å². The molecule has 1 heterocycles. The lowest BCUT2D eigenvalue weighted by molar-refractivity contribution is 0.0255. The van der Waals surface area contributed by atoms with E-state index in [2.05, 4.69) is 59.9 Å². The SMILES string of the molecule is C=C(/N=C/c1cc(I)ccc1OC1CCOCC1)O[Si](C)(C)C. The molecule has 1 aliphatic rings. The molecule has 6 heteroatoms. The highest BCUT2D eigenvalue weighted by atomic mass is 127. The van der Waals surface area contributed by atoms with Gasteiger partial charge in [-0.2, -0.15) is 0 Å². The smallest absolute Gasteiger partial charge is 0.244 e. The van der Waals surface area contributed by atoms with E-state index < -0.39 is 8.32 Å². The first kappa shape index (κ1) is 18.5. The van der Waals surface area contributed by atoms with Gasteiger partial charge in [0.25, 0.3) is 0 Å². The zero-order valence-electron chi connectivity index (χ0n) is 14.0. The summed E-state index contributed by atoms with van der Waals surface area (Å²) in [6.07, 6.45) is 3.83. The van der Waals surface area contributed by atoms with Crippen LogP contribution in [0.1, 0.15) is 18.4 Å². The van der Waals surface area contributed by atoms with Gasteiger partial charge in [0.1, 0.15) is 11.9 Å². The Balaban J connectivity index is 2.10. The minimum absolute atomic E-state index is 0.206. The summed E-state index contributed by atoms with van der Waals surface area (Å²) in [6.45, 7) is 11.7. The van der Waals surface area contributed by atoms with Gasteiger partial charge in [-0.25, -0.2) is 4.99 Å². The van der Waals surface area contributed by atoms with Crippen LogP contribution >= 0.6 is 22.6 Å². The highest BCUT2D eigenvalue weighted by Crippen LogP contribution is 2.24. The largest absolute Gasteiger partial charge is 0.532 e. The van der Waals surface area contributed by atoms with Crippen molar-refractivity contribution >= 4 is 37.1 Å². The molecule has 0 spiro atoms. The molecule has 0 aliphatic carbocycles. The van der Waals surface area contributed by atoms with Crippen LogP contribution in [0.5, 0.6) is 5.75 Å². The Morgan fingerprint density at radius 1 is 1.35 bits per heavy atom. The van der Waals surface area contributed by atoms with Crippen molar-refractivity contribution in [2.45, 2.75) is 38.6 Å². The first-order chi connectivity index (χ1) is 10.8. The van der Waals surface area contributed by atoms with E-state index >= 15 is 0 Å². The highest BCUT2D eigenvalue weighted by molar-refractivity contribution is 14.1. The minimum Gasteiger partial charge on any atom is -0.532 e. The Bertz CT molecular complexity index is 578. The third kappa shape index (κ3) is 6.64. The molecule has 0 N–H and O–H groups in total. The van der Waals surface area contributed by atoms with Crippen LogP contribution in [0.2, 0.25) is 19.6 Å². The first-order valence-electron chi connectivity index (χ1n) is 7.79. The summed E-state index contributed by atoms with van der Waals surface area (Å²) in [7, 11) is -1.68. The van der Waals surface area contributed by atoms with Crippen LogP contribution in [0.15, 0.2) is 35.7 Å². The number of aliphatic imine (C=N–C) groups is 1. The fourth-order valence-electron chi connectivity index (χ4n) is 2.22. The predicted molar refractivity (Wildman–Crippen MR) is 105 cm³/mol. The van der Waals surface area contributed by atoms with Crippen molar-refractivity contribution in [2.75, 3.05) is 13.2 Å². The van der Waals surface area contributed by atoms with E-state index in [0.717, 1.165) is 40.9 Å². The zero-order valence-corrected chi connectivity index (χ0v) is 17.1. The van der Waals surface area contributed by atoms with E-state index in [-0.39, 0.29) is 6.10 Å². The molecule has 4 nitrogen and oxygen atoms in total. The molecular formula is C17H24INO3Si. The van der Waals surface area contributed by atoms with E-state index in [0.29, 0.717) is 5.88 Å². The summed E-state index contributed by atoms with van der Waals surface area (Å²) in [5, 5.41) is 0. The molecule has 0 saturated carbocycles. The molecule has 126 valence electrons. The van der Waals surface area contributed by atoms with E-state index in [1.165, 1.54) is 0 Å². The molecule has 0 amide bonds. The van der Waals surface area contributed by atoms with Crippen molar-refractivity contribution in [3.63, 3.8) is 0 Å². The molecule has 1 saturated heterocycles. The van der Waals surface area contributed by atoms with Crippen LogP contribution in [0.3, 0.4) is 0 Å². The van der Waals surface area contributed by atoms with Crippen molar-refractivity contribution in [3.8, 4) is 5.75 Å². The van der Waals surface area contributed by atoms with Gasteiger partial charge in [0, 0.05) is 28.2 Å². The molecule has 0 bridgehead atoms. The van der Waals surface area contributed by atoms with Crippen molar-refractivity contribution in [3.05, 3.63) is 39.8 Å². The van der Waals surface area contributed by atoms with Crippen molar-refractivity contribution in [1.29, 1.82) is 0 Å². The monoisotopic (exact) mass is 445 g/mol. The zero-order chi connectivity index (χ0) is 16.9. The Morgan fingerprint density at radius 3 is 2.70 bits per heavy atom. The van der Waals surface area contributed by atoms with Crippen LogP contribution in [0, 0.1) is 3.57 Å². The molecule has 2 rings (SSSR count). The second-order valence-corrected chi connectivity index (χ2v) is 12.2. The standard InChI is InChI=1S/C17H24INO3Si/c1-13(22-23(2,3)4)19-12-14-11-15(18)5-6-17(14)21-16-7-9-20-10-8-16/h5-6,11-12,16H,1,7-10H2,2-4H3/b19-12+. The van der Waals surface area contributed by atoms with Gasteiger partial charge in [0.15, 0.2) is 5.88 Å². The number of ether oxygens (including phenoxy) is 2. The maximum Gasteiger partial charge on any atom is 0.244 e. The number of nitrogens with zero attached hydrogens (tertiary/aromatic N) is 1. The summed E-state index contributed by atoms with van der Waals surface area (Å²) in [5.41, 5.74) is 0.948. The van der Waals surface area contributed by atoms with Crippen LogP contribution in [-0.4, -0.2) is 33.8 Å². The number of rotatable bonds is 6. The number of hydrogen-bond acceptors (Lipinski definition) is 4. The topological polar surface area (TPSA) is 40.0 Å². The predicted octanol–water partition coefficient (Wildman–Crippen LogP) is 4.59. The van der Waals surface area contributed by atoms with Crippen LogP contribution < -0.4 is 4.74 Å². The third-order valence-electron chi connectivity index (χ3n) is 3.21. The average Bonchev–Trinajstić information content (AvgIpc) is 2.47. The molecular weight excluding hydrogens is 421 g/mol. The fraction of sp³-hybridized carbons (Fsp3) is 0.471. The van der Waals surface area contributed by atoms with Crippen LogP contribution in [0.4, 0.5) is 0 Å². The second kappa shape index (κ2) is 8.30. The Hall–Kier alpha value is -0.863. The average molecular weight is 445 g/mol. The first-order valence-corrected chi connectivity index (χ1v) is 12.3. The van der Waals surface area contributed by atoms with Gasteiger partial charge in [-0.1, -0.05) is 0 Å². The normalized spacial score (nSPS) is 16.5. The van der Waals surface area contributed by atoms with Gasteiger partial charge < -0.3 is 13.9 Å². The van der Waals surface area contributed by atoms with Gasteiger partial charge in [0.05, 0.1) is 13.2 Å². The summed E-state index contributed by atoms with van der Waals surface area (Å²) < 4.78 is 18.4. The van der Waals surface area contributed by atoms with Crippen LogP contribution in [-0.2, 0) is 9.16 Å². The molecule has 0 unspecified atom stereocenters. The second-order valence-electron chi connectivity index (χ2n) is 6.48. The Morgan fingerprint density at radius 2 is 2.04 bits per heavy atom. The summed E-state index contributed by atoms with van der Waals surface area (Å²) in [4.78, 5) is 4.36. The quantitative estimate of drug-likeness (QED) is 0.278. The fourth-order valence-corrected chi connectivity index (χ4v) is 3.50. The Kier molecular flexibility index (Phi) is 6.67. The van der Waals surface area contributed by atoms with E-state index in [4.69, 9.17) is 13.9 Å². The van der Waals surface area contributed by atoms with Gasteiger partial charge in [-0.3, -0.25) is 0 Å². The van der Waals surface area contributed by atoms with Crippen molar-refractivity contribution < 1.29 is 13.9 Å². The maximum atomic E-state index is 6.14. The van der Waals surface area contributed by atoms with Gasteiger partial charge in [-0.05, 0) is 67.0 Å². The highest BCUT2D eigenvalue weighted by Gasteiger charge is 2.18. The molecule has 1 aromatic rings. The molecule has 1 aliphatic heterocycles. The molecule has 0 atom stereocenters. The minimum atomic E-state index is -1.68. The molecule has 1 aromatic carbocycles. The molecule has 23 heavy (non-hydrogen) atoms. The lowest BCUT2D eigenvalue weighted by atomic mass is 10.1. The summed E-state index contributed by atoms with van der Waals surface area (Å²) >= 11 is 2.29. The molecule has 0 radical (unpaired) electrons. The molecule has 1 fully saturated rings. The lowest BCUT2D eigenvalue weighted by Crippen LogP contribution is -2.26. The number of hydrogen-bond donors (Lipinski definition) is 0. The van der Waals surface area contributed by atoms with E-state index in [1.807, 2.05) is 12.1 Å². The van der Waals surface area contributed by atoms with E-state index in [1.54, 1.807) is 6.21 Å². The van der Waals surface area contributed by atoms with Gasteiger partial charge in [0.2, 0.25) is 8.32 Å².